The summed E-state index contributed by atoms with van der Waals surface area (Å²) < 4.78 is 56.0. The Morgan fingerprint density at radius 1 is 1.05 bits per heavy atom. The van der Waals surface area contributed by atoms with Gasteiger partial charge < -0.3 is 19.1 Å². The maximum atomic E-state index is 13.0. The van der Waals surface area contributed by atoms with Crippen molar-refractivity contribution in [3.63, 3.8) is 0 Å². The molecule has 0 atom stereocenters. The van der Waals surface area contributed by atoms with E-state index >= 15 is 0 Å². The van der Waals surface area contributed by atoms with Crippen molar-refractivity contribution in [3.8, 4) is 17.0 Å². The molecule has 0 amide bonds. The van der Waals surface area contributed by atoms with Crippen LogP contribution in [0.4, 0.5) is 13.2 Å². The zero-order valence-corrected chi connectivity index (χ0v) is 21.7. The molecule has 7 nitrogen and oxygen atoms in total. The average molecular weight is 573 g/mol. The van der Waals surface area contributed by atoms with Crippen molar-refractivity contribution in [2.75, 3.05) is 13.2 Å². The number of carboxylic acid groups (broad SMARTS) is 1. The Labute approximate surface area is 226 Å². The minimum atomic E-state index is -4.66. The highest BCUT2D eigenvalue weighted by atomic mass is 35.5. The summed E-state index contributed by atoms with van der Waals surface area (Å²) in [5.74, 6) is -0.458. The van der Waals surface area contributed by atoms with Crippen LogP contribution in [-0.2, 0) is 17.5 Å². The largest absolute Gasteiger partial charge is 0.494 e. The van der Waals surface area contributed by atoms with Gasteiger partial charge in [0.2, 0.25) is 0 Å². The molecule has 1 saturated carbocycles. The Kier molecular flexibility index (Phi) is 9.17. The van der Waals surface area contributed by atoms with E-state index in [1.165, 1.54) is 12.4 Å². The smallest absolute Gasteiger partial charge is 0.416 e. The first-order chi connectivity index (χ1) is 18.1. The van der Waals surface area contributed by atoms with Gasteiger partial charge in [-0.1, -0.05) is 34.8 Å². The Morgan fingerprint density at radius 3 is 2.37 bits per heavy atom. The molecule has 0 bridgehead atoms. The monoisotopic (exact) mass is 572 g/mol. The summed E-state index contributed by atoms with van der Waals surface area (Å²) >= 11 is 12.6. The van der Waals surface area contributed by atoms with E-state index < -0.39 is 23.3 Å². The number of aromatic nitrogens is 2. The minimum absolute atomic E-state index is 0.119. The highest BCUT2D eigenvalue weighted by Crippen LogP contribution is 2.46. The highest BCUT2D eigenvalue weighted by molar-refractivity contribution is 6.38. The second-order valence-electron chi connectivity index (χ2n) is 8.99. The number of alkyl halides is 3. The standard InChI is InChI=1S/C26H25Cl2F3N2O5/c27-20-12-32-13-21(28)22(20)23-19(24(38-33-23)15-5-6-15)14-36-7-3-1-2-4-8-37-18-10-16(25(34)35)9-17(11-18)26(29,30)31/h9-13,15H,1-8,14H2,(H,34,35). The number of rotatable bonds is 13. The molecule has 1 aliphatic rings. The number of unbranched alkanes of at least 4 members (excludes halogenated alkanes) is 3. The van der Waals surface area contributed by atoms with Gasteiger partial charge in [0, 0.05) is 36.0 Å². The lowest BCUT2D eigenvalue weighted by molar-refractivity contribution is -0.137. The van der Waals surface area contributed by atoms with Gasteiger partial charge in [-0.2, -0.15) is 13.2 Å². The van der Waals surface area contributed by atoms with Crippen molar-refractivity contribution < 1.29 is 37.1 Å². The average Bonchev–Trinajstić information content (AvgIpc) is 3.63. The van der Waals surface area contributed by atoms with E-state index in [1.54, 1.807) is 0 Å². The SMILES string of the molecule is O=C(O)c1cc(OCCCCCCOCc2c(-c3c(Cl)cncc3Cl)noc2C2CC2)cc(C(F)(F)F)c1. The molecule has 204 valence electrons. The van der Waals surface area contributed by atoms with Crippen LogP contribution in [-0.4, -0.2) is 34.4 Å². The molecule has 0 saturated heterocycles. The lowest BCUT2D eigenvalue weighted by Crippen LogP contribution is -2.09. The van der Waals surface area contributed by atoms with E-state index in [9.17, 15) is 18.0 Å². The molecule has 1 aliphatic carbocycles. The van der Waals surface area contributed by atoms with Gasteiger partial charge in [0.1, 0.15) is 17.2 Å². The normalized spacial score (nSPS) is 13.6. The molecule has 1 aromatic carbocycles. The lowest BCUT2D eigenvalue weighted by atomic mass is 10.1. The minimum Gasteiger partial charge on any atom is -0.494 e. The second-order valence-corrected chi connectivity index (χ2v) is 9.81. The topological polar surface area (TPSA) is 94.7 Å². The number of hydrogen-bond donors (Lipinski definition) is 1. The van der Waals surface area contributed by atoms with Crippen LogP contribution in [0.15, 0.2) is 35.1 Å². The first kappa shape index (κ1) is 28.2. The zero-order chi connectivity index (χ0) is 27.3. The van der Waals surface area contributed by atoms with Gasteiger partial charge in [-0.3, -0.25) is 4.98 Å². The van der Waals surface area contributed by atoms with Crippen molar-refractivity contribution in [1.82, 2.24) is 10.1 Å². The Morgan fingerprint density at radius 2 is 1.74 bits per heavy atom. The summed E-state index contributed by atoms with van der Waals surface area (Å²) in [5, 5.41) is 14.0. The summed E-state index contributed by atoms with van der Waals surface area (Å²) in [6.07, 6.45) is 3.35. The number of halogens is 5. The summed E-state index contributed by atoms with van der Waals surface area (Å²) in [6, 6.07) is 2.49. The van der Waals surface area contributed by atoms with Crippen LogP contribution in [0.25, 0.3) is 11.3 Å². The number of pyridine rings is 1. The summed E-state index contributed by atoms with van der Waals surface area (Å²) in [6.45, 7) is 0.955. The van der Waals surface area contributed by atoms with Gasteiger partial charge in [0.25, 0.3) is 0 Å². The molecule has 0 unspecified atom stereocenters. The van der Waals surface area contributed by atoms with Crippen LogP contribution in [0.1, 0.15) is 71.7 Å². The van der Waals surface area contributed by atoms with Crippen molar-refractivity contribution in [1.29, 1.82) is 0 Å². The van der Waals surface area contributed by atoms with Crippen molar-refractivity contribution in [2.24, 2.45) is 0 Å². The fourth-order valence-corrected chi connectivity index (χ4v) is 4.50. The predicted octanol–water partition coefficient (Wildman–Crippen LogP) is 7.79. The summed E-state index contributed by atoms with van der Waals surface area (Å²) in [7, 11) is 0. The number of carbonyl (C=O) groups is 1. The molecule has 0 aliphatic heterocycles. The third-order valence-electron chi connectivity index (χ3n) is 6.04. The molecule has 1 N–H and O–H groups in total. The summed E-state index contributed by atoms with van der Waals surface area (Å²) in [4.78, 5) is 15.1. The van der Waals surface area contributed by atoms with Gasteiger partial charge in [-0.15, -0.1) is 0 Å². The zero-order valence-electron chi connectivity index (χ0n) is 20.2. The maximum absolute atomic E-state index is 13.0. The lowest BCUT2D eigenvalue weighted by Gasteiger charge is -2.12. The van der Waals surface area contributed by atoms with Gasteiger partial charge in [-0.25, -0.2) is 4.79 Å². The van der Waals surface area contributed by atoms with Crippen LogP contribution in [0.2, 0.25) is 10.0 Å². The fourth-order valence-electron chi connectivity index (χ4n) is 3.96. The number of aromatic carboxylic acids is 1. The molecule has 4 rings (SSSR count). The molecule has 38 heavy (non-hydrogen) atoms. The number of hydrogen-bond acceptors (Lipinski definition) is 6. The van der Waals surface area contributed by atoms with Gasteiger partial charge in [-0.05, 0) is 50.3 Å². The molecule has 3 aromatic rings. The quantitative estimate of drug-likeness (QED) is 0.209. The molecule has 0 radical (unpaired) electrons. The predicted molar refractivity (Wildman–Crippen MR) is 134 cm³/mol. The first-order valence-corrected chi connectivity index (χ1v) is 12.8. The molecule has 2 heterocycles. The van der Waals surface area contributed by atoms with Crippen LogP contribution in [0.3, 0.4) is 0 Å². The third-order valence-corrected chi connectivity index (χ3v) is 6.61. The van der Waals surface area contributed by atoms with Gasteiger partial charge >= 0.3 is 12.1 Å². The molecular formula is C26H25Cl2F3N2O5. The van der Waals surface area contributed by atoms with Crippen molar-refractivity contribution >= 4 is 29.2 Å². The van der Waals surface area contributed by atoms with E-state index in [-0.39, 0.29) is 12.4 Å². The number of benzene rings is 1. The highest BCUT2D eigenvalue weighted by Gasteiger charge is 2.34. The van der Waals surface area contributed by atoms with E-state index in [1.807, 2.05) is 0 Å². The van der Waals surface area contributed by atoms with Crippen LogP contribution in [0, 0.1) is 0 Å². The van der Waals surface area contributed by atoms with Crippen LogP contribution in [0.5, 0.6) is 5.75 Å². The van der Waals surface area contributed by atoms with E-state index in [0.717, 1.165) is 55.6 Å². The Balaban J connectivity index is 1.22. The van der Waals surface area contributed by atoms with Crippen LogP contribution >= 0.6 is 23.2 Å². The second kappa shape index (κ2) is 12.4. The van der Waals surface area contributed by atoms with Crippen molar-refractivity contribution in [3.05, 3.63) is 63.1 Å². The van der Waals surface area contributed by atoms with Crippen molar-refractivity contribution in [2.45, 2.75) is 57.2 Å². The van der Waals surface area contributed by atoms with Crippen LogP contribution < -0.4 is 4.74 Å². The number of ether oxygens (including phenoxy) is 2. The molecule has 12 heteroatoms. The number of nitrogens with zero attached hydrogens (tertiary/aromatic N) is 2. The molecule has 2 aromatic heterocycles. The fraction of sp³-hybridized carbons (Fsp3) is 0.423. The third kappa shape index (κ3) is 7.18. The summed E-state index contributed by atoms with van der Waals surface area (Å²) in [5.41, 5.74) is 0.425. The Hall–Kier alpha value is -2.82. The molecular weight excluding hydrogens is 548 g/mol. The molecule has 1 fully saturated rings. The van der Waals surface area contributed by atoms with E-state index in [4.69, 9.17) is 42.3 Å². The first-order valence-electron chi connectivity index (χ1n) is 12.1. The van der Waals surface area contributed by atoms with Gasteiger partial charge in [0.05, 0.1) is 34.4 Å². The molecule has 0 spiro atoms. The Bertz CT molecular complexity index is 1260. The maximum Gasteiger partial charge on any atom is 0.416 e. The van der Waals surface area contributed by atoms with E-state index in [2.05, 4.69) is 10.1 Å². The number of carboxylic acids is 1. The van der Waals surface area contributed by atoms with E-state index in [0.29, 0.717) is 52.9 Å². The van der Waals surface area contributed by atoms with Gasteiger partial charge in [0.15, 0.2) is 0 Å².